The predicted molar refractivity (Wildman–Crippen MR) is 84.9 cm³/mol. The number of aryl methyl sites for hydroxylation is 1. The Bertz CT molecular complexity index is 594. The Morgan fingerprint density at radius 1 is 1.00 bits per heavy atom. The maximum atomic E-state index is 12.5. The van der Waals surface area contributed by atoms with E-state index in [0.717, 1.165) is 24.0 Å². The average molecular weight is 302 g/mol. The maximum Gasteiger partial charge on any atom is 0.324 e. The molecular weight excluding hydrogens is 283 g/mol. The number of carbonyl (C=O) groups excluding carboxylic acids is 1. The van der Waals surface area contributed by atoms with Crippen LogP contribution in [0, 0.1) is 0 Å². The van der Waals surface area contributed by atoms with Crippen LogP contribution in [0.5, 0.6) is 0 Å². The molecule has 0 amide bonds. The van der Waals surface area contributed by atoms with Crippen LogP contribution >= 0.6 is 8.69 Å². The molecule has 2 aromatic rings. The molecule has 110 valence electrons. The quantitative estimate of drug-likeness (QED) is 0.679. The molecule has 0 spiro atoms. The minimum Gasteiger partial charge on any atom is -0.310 e. The summed E-state index contributed by atoms with van der Waals surface area (Å²) in [5.74, 6) is 0.128. The van der Waals surface area contributed by atoms with Gasteiger partial charge in [-0.3, -0.25) is 4.79 Å². The summed E-state index contributed by atoms with van der Waals surface area (Å²) in [6.07, 6.45) is 1.87. The van der Waals surface area contributed by atoms with Crippen LogP contribution in [0.4, 0.5) is 0 Å². The van der Waals surface area contributed by atoms with Gasteiger partial charge in [-0.2, -0.15) is 0 Å². The lowest BCUT2D eigenvalue weighted by Gasteiger charge is -2.11. The Balaban J connectivity index is 0.000000677. The molecule has 0 radical (unpaired) electrons. The van der Waals surface area contributed by atoms with Gasteiger partial charge in [0.2, 0.25) is 0 Å². The van der Waals surface area contributed by atoms with Crippen molar-refractivity contribution in [1.82, 2.24) is 0 Å². The van der Waals surface area contributed by atoms with Crippen molar-refractivity contribution >= 4 is 14.5 Å². The van der Waals surface area contributed by atoms with Crippen molar-refractivity contribution in [1.29, 1.82) is 0 Å². The van der Waals surface area contributed by atoms with E-state index in [-0.39, 0.29) is 5.78 Å². The van der Waals surface area contributed by atoms with E-state index in [1.54, 1.807) is 0 Å². The molecule has 1 N–H and O–H groups in total. The van der Waals surface area contributed by atoms with Gasteiger partial charge in [-0.15, -0.1) is 0 Å². The van der Waals surface area contributed by atoms with Gasteiger partial charge in [-0.05, 0) is 24.0 Å². The third kappa shape index (κ3) is 4.59. The van der Waals surface area contributed by atoms with E-state index in [0.29, 0.717) is 0 Å². The fourth-order valence-corrected chi connectivity index (χ4v) is 2.34. The molecule has 3 nitrogen and oxygen atoms in total. The number of benzene rings is 2. The van der Waals surface area contributed by atoms with Crippen molar-refractivity contribution in [3.8, 4) is 0 Å². The van der Waals surface area contributed by atoms with Gasteiger partial charge in [0.1, 0.15) is 0 Å². The van der Waals surface area contributed by atoms with Gasteiger partial charge < -0.3 is 4.89 Å². The number of rotatable bonds is 4. The monoisotopic (exact) mass is 302 g/mol. The molecule has 0 heterocycles. The van der Waals surface area contributed by atoms with Crippen LogP contribution in [-0.2, 0) is 17.4 Å². The van der Waals surface area contributed by atoms with Gasteiger partial charge in [0.25, 0.3) is 0 Å². The van der Waals surface area contributed by atoms with E-state index in [2.05, 4.69) is 19.9 Å². The van der Waals surface area contributed by atoms with Crippen molar-refractivity contribution in [2.75, 3.05) is 0 Å². The second kappa shape index (κ2) is 9.17. The molecule has 0 saturated heterocycles. The summed E-state index contributed by atoms with van der Waals surface area (Å²) in [7, 11) is -0.833. The highest BCUT2D eigenvalue weighted by molar-refractivity contribution is 7.16. The lowest BCUT2D eigenvalue weighted by atomic mass is 9.92. The number of carbonyl (C=O) groups is 1. The highest BCUT2D eigenvalue weighted by atomic mass is 31.1. The average Bonchev–Trinajstić information content (AvgIpc) is 2.54. The van der Waals surface area contributed by atoms with E-state index in [4.69, 9.17) is 9.46 Å². The molecular formula is C17H19O3P. The smallest absolute Gasteiger partial charge is 0.310 e. The van der Waals surface area contributed by atoms with Crippen LogP contribution in [0.2, 0.25) is 0 Å². The van der Waals surface area contributed by atoms with Crippen molar-refractivity contribution in [2.24, 2.45) is 0 Å². The molecule has 0 aromatic heterocycles. The molecule has 0 aliphatic rings. The highest BCUT2D eigenvalue weighted by Crippen LogP contribution is 2.19. The molecule has 2 rings (SSSR count). The summed E-state index contributed by atoms with van der Waals surface area (Å²) in [5, 5.41) is 0. The van der Waals surface area contributed by atoms with E-state index >= 15 is 0 Å². The molecule has 4 heteroatoms. The van der Waals surface area contributed by atoms with Crippen molar-refractivity contribution in [3.63, 3.8) is 0 Å². The summed E-state index contributed by atoms with van der Waals surface area (Å²) in [6, 6.07) is 15.5. The Morgan fingerprint density at radius 3 is 2.14 bits per heavy atom. The van der Waals surface area contributed by atoms with Gasteiger partial charge in [0, 0.05) is 11.1 Å². The van der Waals surface area contributed by atoms with Crippen LogP contribution < -0.4 is 0 Å². The predicted octanol–water partition coefficient (Wildman–Crippen LogP) is 4.23. The number of ketones is 1. The SMILES string of the molecule is CCc1cccc(C(=O)c2ccccc2)c1CC.O=PO. The van der Waals surface area contributed by atoms with Crippen molar-refractivity contribution < 1.29 is 14.3 Å². The molecule has 21 heavy (non-hydrogen) atoms. The summed E-state index contributed by atoms with van der Waals surface area (Å²) >= 11 is 0. The summed E-state index contributed by atoms with van der Waals surface area (Å²) in [4.78, 5) is 19.5. The topological polar surface area (TPSA) is 54.4 Å². The molecule has 0 bridgehead atoms. The first-order chi connectivity index (χ1) is 10.2. The Kier molecular flexibility index (Phi) is 7.52. The lowest BCUT2D eigenvalue weighted by molar-refractivity contribution is 0.103. The van der Waals surface area contributed by atoms with Gasteiger partial charge in [0.15, 0.2) is 5.78 Å². The minimum absolute atomic E-state index is 0.128. The third-order valence-electron chi connectivity index (χ3n) is 3.29. The molecule has 2 aromatic carbocycles. The lowest BCUT2D eigenvalue weighted by Crippen LogP contribution is -2.07. The maximum absolute atomic E-state index is 12.5. The van der Waals surface area contributed by atoms with E-state index < -0.39 is 8.69 Å². The Labute approximate surface area is 126 Å². The van der Waals surface area contributed by atoms with E-state index in [1.165, 1.54) is 11.1 Å². The summed E-state index contributed by atoms with van der Waals surface area (Å²) in [5.41, 5.74) is 4.08. The zero-order chi connectivity index (χ0) is 15.7. The molecule has 0 atom stereocenters. The second-order valence-corrected chi connectivity index (χ2v) is 4.59. The standard InChI is InChI=1S/C17H18O.HO2P/c1-3-13-11-8-12-16(15(13)4-2)17(18)14-9-6-5-7-10-14;1-3-2/h5-12H,3-4H2,1-2H3;(H,1,2). The van der Waals surface area contributed by atoms with Crippen LogP contribution in [0.15, 0.2) is 48.5 Å². The fourth-order valence-electron chi connectivity index (χ4n) is 2.34. The van der Waals surface area contributed by atoms with Crippen LogP contribution in [0.1, 0.15) is 40.9 Å². The summed E-state index contributed by atoms with van der Waals surface area (Å²) < 4.78 is 8.46. The van der Waals surface area contributed by atoms with Gasteiger partial charge in [-0.25, -0.2) is 4.57 Å². The summed E-state index contributed by atoms with van der Waals surface area (Å²) in [6.45, 7) is 4.24. The Morgan fingerprint density at radius 2 is 1.62 bits per heavy atom. The van der Waals surface area contributed by atoms with E-state index in [1.807, 2.05) is 42.5 Å². The largest absolute Gasteiger partial charge is 0.324 e. The van der Waals surface area contributed by atoms with Gasteiger partial charge in [0.05, 0.1) is 0 Å². The number of hydrogen-bond acceptors (Lipinski definition) is 2. The zero-order valence-corrected chi connectivity index (χ0v) is 13.1. The van der Waals surface area contributed by atoms with Gasteiger partial charge >= 0.3 is 8.69 Å². The molecule has 0 aliphatic carbocycles. The van der Waals surface area contributed by atoms with E-state index in [9.17, 15) is 4.79 Å². The molecule has 0 fully saturated rings. The normalized spacial score (nSPS) is 9.86. The molecule has 0 unspecified atom stereocenters. The number of hydrogen-bond donors (Lipinski definition) is 1. The van der Waals surface area contributed by atoms with Crippen molar-refractivity contribution in [2.45, 2.75) is 26.7 Å². The zero-order valence-electron chi connectivity index (χ0n) is 12.2. The van der Waals surface area contributed by atoms with Crippen LogP contribution in [-0.4, -0.2) is 10.7 Å². The van der Waals surface area contributed by atoms with Crippen molar-refractivity contribution in [3.05, 3.63) is 70.8 Å². The Hall–Kier alpha value is -1.83. The highest BCUT2D eigenvalue weighted by Gasteiger charge is 2.14. The third-order valence-corrected chi connectivity index (χ3v) is 3.29. The van der Waals surface area contributed by atoms with Crippen LogP contribution in [0.3, 0.4) is 0 Å². The van der Waals surface area contributed by atoms with Gasteiger partial charge in [-0.1, -0.05) is 62.4 Å². The van der Waals surface area contributed by atoms with Crippen LogP contribution in [0.25, 0.3) is 0 Å². The molecule has 0 aliphatic heterocycles. The first-order valence-corrected chi connectivity index (χ1v) is 7.63. The fraction of sp³-hybridized carbons (Fsp3) is 0.235. The first kappa shape index (κ1) is 17.2. The minimum atomic E-state index is -0.833. The molecule has 0 saturated carbocycles. The first-order valence-electron chi connectivity index (χ1n) is 6.86. The second-order valence-electron chi connectivity index (χ2n) is 4.43.